The van der Waals surface area contributed by atoms with E-state index in [0.717, 1.165) is 25.9 Å². The SMILES string of the molecule is CCc1cccc(CC)c1N1CCN(C(=O)Nc2ccc(C(C)=O)cc2)CC1. The third-order valence-electron chi connectivity index (χ3n) is 5.39. The van der Waals surface area contributed by atoms with Gasteiger partial charge in [-0.3, -0.25) is 4.79 Å². The molecule has 2 aromatic rings. The van der Waals surface area contributed by atoms with Crippen LogP contribution in [0.2, 0.25) is 0 Å². The van der Waals surface area contributed by atoms with Gasteiger partial charge in [0.1, 0.15) is 0 Å². The van der Waals surface area contributed by atoms with Gasteiger partial charge in [-0.15, -0.1) is 0 Å². The van der Waals surface area contributed by atoms with Crippen LogP contribution in [0.25, 0.3) is 0 Å². The average Bonchev–Trinajstić information content (AvgIpc) is 2.73. The number of amides is 2. The molecule has 0 spiro atoms. The number of rotatable bonds is 5. The lowest BCUT2D eigenvalue weighted by Crippen LogP contribution is -2.50. The summed E-state index contributed by atoms with van der Waals surface area (Å²) in [7, 11) is 0. The Balaban J connectivity index is 1.62. The van der Waals surface area contributed by atoms with E-state index in [2.05, 4.69) is 42.3 Å². The van der Waals surface area contributed by atoms with E-state index in [1.807, 2.05) is 4.90 Å². The molecule has 2 amide bonds. The number of aryl methyl sites for hydroxylation is 2. The molecule has 0 bridgehead atoms. The predicted molar refractivity (Wildman–Crippen MR) is 114 cm³/mol. The molecule has 2 aromatic carbocycles. The van der Waals surface area contributed by atoms with Crippen LogP contribution in [0.3, 0.4) is 0 Å². The van der Waals surface area contributed by atoms with Crippen LogP contribution in [0.1, 0.15) is 42.3 Å². The highest BCUT2D eigenvalue weighted by atomic mass is 16.2. The van der Waals surface area contributed by atoms with Crippen LogP contribution in [0.4, 0.5) is 16.2 Å². The maximum Gasteiger partial charge on any atom is 0.321 e. The molecule has 1 aliphatic heterocycles. The zero-order valence-corrected chi connectivity index (χ0v) is 17.0. The van der Waals surface area contributed by atoms with Gasteiger partial charge in [-0.2, -0.15) is 0 Å². The molecule has 0 radical (unpaired) electrons. The monoisotopic (exact) mass is 379 g/mol. The van der Waals surface area contributed by atoms with Gasteiger partial charge in [0, 0.05) is 43.1 Å². The topological polar surface area (TPSA) is 52.6 Å². The number of piperazine rings is 1. The van der Waals surface area contributed by atoms with E-state index in [1.165, 1.54) is 23.7 Å². The number of hydrogen-bond donors (Lipinski definition) is 1. The Morgan fingerprint density at radius 1 is 0.893 bits per heavy atom. The van der Waals surface area contributed by atoms with E-state index in [9.17, 15) is 9.59 Å². The Morgan fingerprint density at radius 3 is 1.96 bits per heavy atom. The first-order valence-corrected chi connectivity index (χ1v) is 10.1. The molecular weight excluding hydrogens is 350 g/mol. The number of benzene rings is 2. The third kappa shape index (κ3) is 4.35. The summed E-state index contributed by atoms with van der Waals surface area (Å²) in [5.41, 5.74) is 5.47. The van der Waals surface area contributed by atoms with E-state index in [1.54, 1.807) is 24.3 Å². The van der Waals surface area contributed by atoms with Gasteiger partial charge in [0.15, 0.2) is 5.78 Å². The van der Waals surface area contributed by atoms with Crippen LogP contribution >= 0.6 is 0 Å². The van der Waals surface area contributed by atoms with Crippen LogP contribution in [0, 0.1) is 0 Å². The number of nitrogens with one attached hydrogen (secondary N) is 1. The fraction of sp³-hybridized carbons (Fsp3) is 0.391. The second-order valence-corrected chi connectivity index (χ2v) is 7.17. The van der Waals surface area contributed by atoms with Crippen molar-refractivity contribution < 1.29 is 9.59 Å². The lowest BCUT2D eigenvalue weighted by molar-refractivity contribution is 0.101. The highest BCUT2D eigenvalue weighted by molar-refractivity contribution is 5.95. The quantitative estimate of drug-likeness (QED) is 0.785. The van der Waals surface area contributed by atoms with Crippen LogP contribution in [-0.4, -0.2) is 42.9 Å². The summed E-state index contributed by atoms with van der Waals surface area (Å²) in [6, 6.07) is 13.5. The van der Waals surface area contributed by atoms with Crippen molar-refractivity contribution >= 4 is 23.2 Å². The maximum atomic E-state index is 12.6. The lowest BCUT2D eigenvalue weighted by atomic mass is 10.0. The number of hydrogen-bond acceptors (Lipinski definition) is 3. The maximum absolute atomic E-state index is 12.6. The van der Waals surface area contributed by atoms with Crippen molar-refractivity contribution in [2.45, 2.75) is 33.6 Å². The molecule has 28 heavy (non-hydrogen) atoms. The molecular formula is C23H29N3O2. The van der Waals surface area contributed by atoms with Gasteiger partial charge in [-0.25, -0.2) is 4.79 Å². The summed E-state index contributed by atoms with van der Waals surface area (Å²) < 4.78 is 0. The summed E-state index contributed by atoms with van der Waals surface area (Å²) in [5.74, 6) is 0.0211. The highest BCUT2D eigenvalue weighted by Crippen LogP contribution is 2.28. The number of ketones is 1. The molecule has 0 atom stereocenters. The lowest BCUT2D eigenvalue weighted by Gasteiger charge is -2.38. The molecule has 1 fully saturated rings. The largest absolute Gasteiger partial charge is 0.368 e. The first kappa shape index (κ1) is 19.9. The summed E-state index contributed by atoms with van der Waals surface area (Å²) in [4.78, 5) is 28.2. The molecule has 3 rings (SSSR count). The van der Waals surface area contributed by atoms with Gasteiger partial charge < -0.3 is 15.1 Å². The fourth-order valence-corrected chi connectivity index (χ4v) is 3.75. The minimum atomic E-state index is -0.0882. The molecule has 148 valence electrons. The minimum Gasteiger partial charge on any atom is -0.368 e. The second-order valence-electron chi connectivity index (χ2n) is 7.17. The van der Waals surface area contributed by atoms with E-state index in [4.69, 9.17) is 0 Å². The van der Waals surface area contributed by atoms with Crippen molar-refractivity contribution in [1.82, 2.24) is 4.90 Å². The first-order valence-electron chi connectivity index (χ1n) is 10.1. The predicted octanol–water partition coefficient (Wildman–Crippen LogP) is 4.37. The molecule has 0 aliphatic carbocycles. The summed E-state index contributed by atoms with van der Waals surface area (Å²) in [5, 5.41) is 2.93. The summed E-state index contributed by atoms with van der Waals surface area (Å²) >= 11 is 0. The smallest absolute Gasteiger partial charge is 0.321 e. The van der Waals surface area contributed by atoms with Crippen LogP contribution in [0.5, 0.6) is 0 Å². The summed E-state index contributed by atoms with van der Waals surface area (Å²) in [6.07, 6.45) is 2.03. The van der Waals surface area contributed by atoms with Crippen molar-refractivity contribution in [3.63, 3.8) is 0 Å². The Bertz CT molecular complexity index is 815. The summed E-state index contributed by atoms with van der Waals surface area (Å²) in [6.45, 7) is 8.98. The van der Waals surface area contributed by atoms with E-state index >= 15 is 0 Å². The molecule has 1 aliphatic rings. The number of urea groups is 1. The Labute approximate surface area is 167 Å². The van der Waals surface area contributed by atoms with Crippen LogP contribution in [-0.2, 0) is 12.8 Å². The Kier molecular flexibility index (Phi) is 6.34. The van der Waals surface area contributed by atoms with E-state index < -0.39 is 0 Å². The van der Waals surface area contributed by atoms with Crippen molar-refractivity contribution in [3.05, 3.63) is 59.2 Å². The van der Waals surface area contributed by atoms with Crippen LogP contribution in [0.15, 0.2) is 42.5 Å². The number of carbonyl (C=O) groups excluding carboxylic acids is 2. The van der Waals surface area contributed by atoms with Gasteiger partial charge in [-0.05, 0) is 55.2 Å². The Morgan fingerprint density at radius 2 is 1.46 bits per heavy atom. The standard InChI is InChI=1S/C23H29N3O2/c1-4-18-7-6-8-19(5-2)22(18)25-13-15-26(16-14-25)23(28)24-21-11-9-20(10-12-21)17(3)27/h6-12H,4-5,13-16H2,1-3H3,(H,24,28). The molecule has 1 saturated heterocycles. The number of anilines is 2. The number of nitrogens with zero attached hydrogens (tertiary/aromatic N) is 2. The zero-order chi connectivity index (χ0) is 20.1. The van der Waals surface area contributed by atoms with E-state index in [0.29, 0.717) is 24.3 Å². The van der Waals surface area contributed by atoms with Crippen molar-refractivity contribution in [1.29, 1.82) is 0 Å². The van der Waals surface area contributed by atoms with Gasteiger partial charge >= 0.3 is 6.03 Å². The molecule has 5 nitrogen and oxygen atoms in total. The molecule has 1 heterocycles. The number of para-hydroxylation sites is 1. The third-order valence-corrected chi connectivity index (χ3v) is 5.39. The Hall–Kier alpha value is -2.82. The normalized spacial score (nSPS) is 14.1. The number of Topliss-reactive ketones (excluding diaryl/α,β-unsaturated/α-hetero) is 1. The van der Waals surface area contributed by atoms with Crippen LogP contribution < -0.4 is 10.2 Å². The number of carbonyl (C=O) groups is 2. The molecule has 0 aromatic heterocycles. The van der Waals surface area contributed by atoms with Crippen molar-refractivity contribution in [2.24, 2.45) is 0 Å². The highest BCUT2D eigenvalue weighted by Gasteiger charge is 2.23. The van der Waals surface area contributed by atoms with Gasteiger partial charge in [0.25, 0.3) is 0 Å². The fourth-order valence-electron chi connectivity index (χ4n) is 3.75. The van der Waals surface area contributed by atoms with Crippen molar-refractivity contribution in [3.8, 4) is 0 Å². The minimum absolute atomic E-state index is 0.0211. The zero-order valence-electron chi connectivity index (χ0n) is 17.0. The first-order chi connectivity index (χ1) is 13.5. The van der Waals surface area contributed by atoms with Crippen molar-refractivity contribution in [2.75, 3.05) is 36.4 Å². The second kappa shape index (κ2) is 8.91. The molecule has 0 unspecified atom stereocenters. The van der Waals surface area contributed by atoms with Gasteiger partial charge in [-0.1, -0.05) is 32.0 Å². The molecule has 0 saturated carbocycles. The molecule has 1 N–H and O–H groups in total. The van der Waals surface area contributed by atoms with Gasteiger partial charge in [0.05, 0.1) is 0 Å². The van der Waals surface area contributed by atoms with E-state index in [-0.39, 0.29) is 11.8 Å². The van der Waals surface area contributed by atoms with Gasteiger partial charge in [0.2, 0.25) is 0 Å². The molecule has 5 heteroatoms. The average molecular weight is 380 g/mol.